The van der Waals surface area contributed by atoms with Gasteiger partial charge in [0.25, 0.3) is 5.91 Å². The molecule has 172 valence electrons. The van der Waals surface area contributed by atoms with E-state index in [-0.39, 0.29) is 23.8 Å². The molecule has 0 radical (unpaired) electrons. The average molecular weight is 459 g/mol. The van der Waals surface area contributed by atoms with E-state index in [1.807, 2.05) is 0 Å². The van der Waals surface area contributed by atoms with Crippen LogP contribution in [0.5, 0.6) is 0 Å². The van der Waals surface area contributed by atoms with Gasteiger partial charge in [0.15, 0.2) is 0 Å². The number of para-hydroxylation sites is 1. The minimum atomic E-state index is -0.559. The first-order valence-corrected chi connectivity index (χ1v) is 10.5. The van der Waals surface area contributed by atoms with Gasteiger partial charge in [0.2, 0.25) is 5.91 Å². The lowest BCUT2D eigenvalue weighted by Crippen LogP contribution is -2.14. The van der Waals surface area contributed by atoms with E-state index in [2.05, 4.69) is 10.6 Å². The number of nitrogens with one attached hydrogen (secondary N) is 2. The highest BCUT2D eigenvalue weighted by atomic mass is 19.1. The van der Waals surface area contributed by atoms with E-state index < -0.39 is 11.9 Å². The summed E-state index contributed by atoms with van der Waals surface area (Å²) in [5.74, 6) is -1.57. The summed E-state index contributed by atoms with van der Waals surface area (Å²) in [5, 5.41) is 6.53. The third kappa shape index (κ3) is 4.80. The normalized spacial score (nSPS) is 10.7. The minimum absolute atomic E-state index is 0.214. The first kappa shape index (κ1) is 22.7. The van der Waals surface area contributed by atoms with Crippen LogP contribution in [0.25, 0.3) is 10.9 Å². The maximum absolute atomic E-state index is 13.5. The molecule has 0 aliphatic heterocycles. The number of ether oxygens (including phenoxy) is 1. The fraction of sp³-hybridized carbons (Fsp3) is 0.115. The Hall–Kier alpha value is -4.46. The number of nitrogens with zero attached hydrogens (tertiary/aromatic N) is 1. The highest BCUT2D eigenvalue weighted by molar-refractivity contribution is 6.14. The minimum Gasteiger partial charge on any atom is -0.465 e. The number of amides is 1. The predicted molar refractivity (Wildman–Crippen MR) is 128 cm³/mol. The van der Waals surface area contributed by atoms with E-state index >= 15 is 0 Å². The maximum atomic E-state index is 13.5. The van der Waals surface area contributed by atoms with Crippen molar-refractivity contribution in [2.45, 2.75) is 13.5 Å². The van der Waals surface area contributed by atoms with Crippen LogP contribution >= 0.6 is 0 Å². The Morgan fingerprint density at radius 1 is 0.971 bits per heavy atom. The van der Waals surface area contributed by atoms with Crippen molar-refractivity contribution >= 4 is 40.1 Å². The fourth-order valence-corrected chi connectivity index (χ4v) is 3.72. The number of benzene rings is 3. The molecule has 0 spiro atoms. The molecule has 0 fully saturated rings. The van der Waals surface area contributed by atoms with Crippen molar-refractivity contribution in [3.05, 3.63) is 95.4 Å². The number of esters is 1. The van der Waals surface area contributed by atoms with Crippen molar-refractivity contribution in [2.75, 3.05) is 17.7 Å². The number of carbonyl (C=O) groups is 3. The van der Waals surface area contributed by atoms with Gasteiger partial charge in [-0.3, -0.25) is 14.2 Å². The Bertz CT molecular complexity index is 1410. The molecule has 1 amide bonds. The Balaban J connectivity index is 1.64. The summed E-state index contributed by atoms with van der Waals surface area (Å²) in [5.41, 5.74) is 2.84. The summed E-state index contributed by atoms with van der Waals surface area (Å²) in [4.78, 5) is 37.3. The zero-order chi connectivity index (χ0) is 24.2. The van der Waals surface area contributed by atoms with Crippen molar-refractivity contribution in [3.8, 4) is 0 Å². The number of carbonyl (C=O) groups excluding carboxylic acids is 3. The molecule has 4 aromatic rings. The molecule has 0 aliphatic rings. The van der Waals surface area contributed by atoms with Gasteiger partial charge in [0, 0.05) is 36.4 Å². The molecule has 4 rings (SSSR count). The Kier molecular flexibility index (Phi) is 6.40. The summed E-state index contributed by atoms with van der Waals surface area (Å²) in [6.45, 7) is 1.70. The van der Waals surface area contributed by atoms with Gasteiger partial charge < -0.3 is 15.4 Å². The first-order valence-electron chi connectivity index (χ1n) is 10.5. The van der Waals surface area contributed by atoms with Gasteiger partial charge >= 0.3 is 5.97 Å². The molecular weight excluding hydrogens is 437 g/mol. The Morgan fingerprint density at radius 2 is 1.76 bits per heavy atom. The fourth-order valence-electron chi connectivity index (χ4n) is 3.72. The van der Waals surface area contributed by atoms with Crippen molar-refractivity contribution in [1.82, 2.24) is 4.57 Å². The molecule has 1 aromatic heterocycles. The Labute approximate surface area is 195 Å². The summed E-state index contributed by atoms with van der Waals surface area (Å²) in [6, 6.07) is 18.0. The summed E-state index contributed by atoms with van der Waals surface area (Å²) >= 11 is 0. The molecule has 8 heteroatoms. The van der Waals surface area contributed by atoms with E-state index in [1.54, 1.807) is 48.5 Å². The number of fused-ring (bicyclic) bond motifs is 1. The van der Waals surface area contributed by atoms with Crippen molar-refractivity contribution in [3.63, 3.8) is 0 Å². The van der Waals surface area contributed by atoms with Gasteiger partial charge in [-0.1, -0.05) is 24.3 Å². The van der Waals surface area contributed by atoms with Gasteiger partial charge in [-0.15, -0.1) is 0 Å². The number of hydrogen-bond acceptors (Lipinski definition) is 5. The van der Waals surface area contributed by atoms with Gasteiger partial charge in [-0.25, -0.2) is 9.18 Å². The third-order valence-electron chi connectivity index (χ3n) is 5.29. The van der Waals surface area contributed by atoms with Crippen LogP contribution in [0.3, 0.4) is 0 Å². The van der Waals surface area contributed by atoms with Gasteiger partial charge in [0.05, 0.1) is 23.8 Å². The predicted octanol–water partition coefficient (Wildman–Crippen LogP) is 5.09. The molecular formula is C26H22FN3O4. The molecule has 2 N–H and O–H groups in total. The van der Waals surface area contributed by atoms with E-state index in [1.165, 1.54) is 43.0 Å². The summed E-state index contributed by atoms with van der Waals surface area (Å²) in [7, 11) is 1.27. The van der Waals surface area contributed by atoms with Crippen LogP contribution in [0, 0.1) is 5.82 Å². The van der Waals surface area contributed by atoms with Crippen molar-refractivity contribution < 1.29 is 23.5 Å². The molecule has 3 aromatic carbocycles. The zero-order valence-corrected chi connectivity index (χ0v) is 18.6. The van der Waals surface area contributed by atoms with Crippen LogP contribution in [0.1, 0.15) is 38.0 Å². The highest BCUT2D eigenvalue weighted by Gasteiger charge is 2.18. The molecule has 1 heterocycles. The zero-order valence-electron chi connectivity index (χ0n) is 18.6. The maximum Gasteiger partial charge on any atom is 0.337 e. The second-order valence-corrected chi connectivity index (χ2v) is 7.68. The highest BCUT2D eigenvalue weighted by Crippen LogP contribution is 2.24. The molecule has 0 aliphatic carbocycles. The molecule has 0 atom stereocenters. The SMILES string of the molecule is COC(=O)c1cc(CNc2cccc(F)c2)cc(NC(=O)c2cn(C(C)=O)c3ccccc23)c1. The molecule has 0 saturated carbocycles. The van der Waals surface area contributed by atoms with E-state index in [4.69, 9.17) is 4.74 Å². The lowest BCUT2D eigenvalue weighted by molar-refractivity contribution is 0.0600. The largest absolute Gasteiger partial charge is 0.465 e. The van der Waals surface area contributed by atoms with Crippen LogP contribution in [0.2, 0.25) is 0 Å². The molecule has 0 saturated heterocycles. The molecule has 34 heavy (non-hydrogen) atoms. The van der Waals surface area contributed by atoms with Gasteiger partial charge in [0.1, 0.15) is 5.82 Å². The number of methoxy groups -OCH3 is 1. The van der Waals surface area contributed by atoms with Crippen LogP contribution in [-0.2, 0) is 11.3 Å². The molecule has 7 nitrogen and oxygen atoms in total. The lowest BCUT2D eigenvalue weighted by atomic mass is 10.1. The summed E-state index contributed by atoms with van der Waals surface area (Å²) in [6.07, 6.45) is 1.50. The van der Waals surface area contributed by atoms with Crippen molar-refractivity contribution in [2.24, 2.45) is 0 Å². The lowest BCUT2D eigenvalue weighted by Gasteiger charge is -2.12. The van der Waals surface area contributed by atoms with Crippen LogP contribution in [0.15, 0.2) is 72.9 Å². The number of aromatic nitrogens is 1. The van der Waals surface area contributed by atoms with E-state index in [9.17, 15) is 18.8 Å². The third-order valence-corrected chi connectivity index (χ3v) is 5.29. The van der Waals surface area contributed by atoms with Crippen LogP contribution < -0.4 is 10.6 Å². The number of halogens is 1. The first-order chi connectivity index (χ1) is 16.4. The smallest absolute Gasteiger partial charge is 0.337 e. The standard InChI is InChI=1S/C26H22FN3O4/c1-16(31)30-15-23(22-8-3-4-9-24(22)30)25(32)29-21-11-17(10-18(12-21)26(33)34-2)14-28-20-7-5-6-19(27)13-20/h3-13,15,28H,14H2,1-2H3,(H,29,32). The van der Waals surface area contributed by atoms with Gasteiger partial charge in [-0.2, -0.15) is 0 Å². The second-order valence-electron chi connectivity index (χ2n) is 7.68. The topological polar surface area (TPSA) is 89.4 Å². The molecule has 0 unspecified atom stereocenters. The second kappa shape index (κ2) is 9.58. The monoisotopic (exact) mass is 459 g/mol. The van der Waals surface area contributed by atoms with Crippen LogP contribution in [-0.4, -0.2) is 29.5 Å². The van der Waals surface area contributed by atoms with E-state index in [0.29, 0.717) is 33.4 Å². The number of anilines is 2. The average Bonchev–Trinajstić information content (AvgIpc) is 3.22. The quantitative estimate of drug-likeness (QED) is 0.392. The van der Waals surface area contributed by atoms with E-state index in [0.717, 1.165) is 0 Å². The number of rotatable bonds is 6. The van der Waals surface area contributed by atoms with Gasteiger partial charge in [-0.05, 0) is 48.0 Å². The summed E-state index contributed by atoms with van der Waals surface area (Å²) < 4.78 is 19.7. The Morgan fingerprint density at radius 3 is 2.50 bits per heavy atom. The van der Waals surface area contributed by atoms with Crippen LogP contribution in [0.4, 0.5) is 15.8 Å². The van der Waals surface area contributed by atoms with Crippen molar-refractivity contribution in [1.29, 1.82) is 0 Å². The molecule has 0 bridgehead atoms. The number of hydrogen-bond donors (Lipinski definition) is 2.